The molecule has 6 nitrogen and oxygen atoms in total. The number of anilines is 2. The van der Waals surface area contributed by atoms with E-state index < -0.39 is 11.4 Å². The smallest absolute Gasteiger partial charge is 0.337 e. The molecular weight excluding hydrogens is 332 g/mol. The predicted molar refractivity (Wildman–Crippen MR) is 104 cm³/mol. The predicted octanol–water partition coefficient (Wildman–Crippen LogP) is 3.96. The van der Waals surface area contributed by atoms with E-state index in [2.05, 4.69) is 5.32 Å². The summed E-state index contributed by atoms with van der Waals surface area (Å²) in [6.45, 7) is 10.1. The first-order chi connectivity index (χ1) is 12.1. The largest absolute Gasteiger partial charge is 0.478 e. The highest BCUT2D eigenvalue weighted by Gasteiger charge is 2.25. The molecule has 2 N–H and O–H groups in total. The van der Waals surface area contributed by atoms with Crippen molar-refractivity contribution in [3.63, 3.8) is 0 Å². The Morgan fingerprint density at radius 1 is 1.15 bits per heavy atom. The molecule has 1 amide bonds. The summed E-state index contributed by atoms with van der Waals surface area (Å²) in [6.07, 6.45) is 2.10. The summed E-state index contributed by atoms with van der Waals surface area (Å²) in [5.41, 5.74) is 0.522. The van der Waals surface area contributed by atoms with E-state index in [0.717, 1.165) is 12.8 Å². The van der Waals surface area contributed by atoms with Gasteiger partial charge < -0.3 is 15.3 Å². The minimum absolute atomic E-state index is 0.0494. The number of nitrogens with one attached hydrogen (secondary N) is 1. The minimum atomic E-state index is -1.09. The molecule has 0 aliphatic carbocycles. The number of ketones is 1. The van der Waals surface area contributed by atoms with Gasteiger partial charge in [-0.3, -0.25) is 9.59 Å². The van der Waals surface area contributed by atoms with Crippen molar-refractivity contribution in [2.45, 2.75) is 53.9 Å². The highest BCUT2D eigenvalue weighted by Crippen LogP contribution is 2.27. The van der Waals surface area contributed by atoms with Crippen LogP contribution in [0.4, 0.5) is 11.4 Å². The SMILES string of the molecule is CCCCN(CC(=O)C(C)(C)C)c1ccc(NC(=O)CC)cc1C(=O)O. The zero-order chi connectivity index (χ0) is 19.9. The Bertz CT molecular complexity index is 662. The van der Waals surface area contributed by atoms with E-state index in [1.54, 1.807) is 19.1 Å². The molecule has 1 aromatic carbocycles. The number of aromatic carboxylic acids is 1. The molecule has 0 saturated heterocycles. The van der Waals surface area contributed by atoms with E-state index in [9.17, 15) is 19.5 Å². The monoisotopic (exact) mass is 362 g/mol. The summed E-state index contributed by atoms with van der Waals surface area (Å²) in [4.78, 5) is 37.7. The fourth-order valence-corrected chi connectivity index (χ4v) is 2.35. The van der Waals surface area contributed by atoms with Gasteiger partial charge in [0.15, 0.2) is 5.78 Å². The third-order valence-corrected chi connectivity index (χ3v) is 4.13. The maximum atomic E-state index is 12.5. The first-order valence-electron chi connectivity index (χ1n) is 9.05. The Kier molecular flexibility index (Phi) is 7.80. The van der Waals surface area contributed by atoms with Gasteiger partial charge in [-0.1, -0.05) is 41.0 Å². The van der Waals surface area contributed by atoms with Gasteiger partial charge in [-0.25, -0.2) is 4.79 Å². The molecule has 0 bridgehead atoms. The molecule has 0 fully saturated rings. The fourth-order valence-electron chi connectivity index (χ4n) is 2.35. The number of rotatable bonds is 9. The van der Waals surface area contributed by atoms with Gasteiger partial charge in [-0.15, -0.1) is 0 Å². The van der Waals surface area contributed by atoms with E-state index in [1.807, 2.05) is 32.6 Å². The summed E-state index contributed by atoms with van der Waals surface area (Å²) >= 11 is 0. The lowest BCUT2D eigenvalue weighted by Gasteiger charge is -2.29. The molecule has 0 aliphatic heterocycles. The van der Waals surface area contributed by atoms with Crippen LogP contribution < -0.4 is 10.2 Å². The Hall–Kier alpha value is -2.37. The van der Waals surface area contributed by atoms with Crippen LogP contribution in [0.3, 0.4) is 0 Å². The number of carbonyl (C=O) groups is 3. The second-order valence-electron chi connectivity index (χ2n) is 7.39. The second kappa shape index (κ2) is 9.36. The van der Waals surface area contributed by atoms with Crippen LogP contribution in [0.2, 0.25) is 0 Å². The van der Waals surface area contributed by atoms with Crippen LogP contribution in [-0.2, 0) is 9.59 Å². The number of hydrogen-bond donors (Lipinski definition) is 2. The molecule has 0 atom stereocenters. The standard InChI is InChI=1S/C20H30N2O4/c1-6-8-11-22(13-17(23)20(3,4)5)16-10-9-14(21-18(24)7-2)12-15(16)19(25)26/h9-10,12H,6-8,11,13H2,1-5H3,(H,21,24)(H,25,26). The zero-order valence-electron chi connectivity index (χ0n) is 16.4. The van der Waals surface area contributed by atoms with Gasteiger partial charge in [0.2, 0.25) is 5.91 Å². The van der Waals surface area contributed by atoms with Crippen molar-refractivity contribution in [1.29, 1.82) is 0 Å². The van der Waals surface area contributed by atoms with Crippen molar-refractivity contribution in [1.82, 2.24) is 0 Å². The van der Waals surface area contributed by atoms with Crippen molar-refractivity contribution in [3.05, 3.63) is 23.8 Å². The van der Waals surface area contributed by atoms with Gasteiger partial charge in [-0.2, -0.15) is 0 Å². The Morgan fingerprint density at radius 2 is 1.81 bits per heavy atom. The maximum Gasteiger partial charge on any atom is 0.337 e. The van der Waals surface area contributed by atoms with Crippen molar-refractivity contribution in [2.24, 2.45) is 5.41 Å². The zero-order valence-corrected chi connectivity index (χ0v) is 16.4. The molecular formula is C20H30N2O4. The van der Waals surface area contributed by atoms with Crippen molar-refractivity contribution >= 4 is 29.0 Å². The average Bonchev–Trinajstić information content (AvgIpc) is 2.57. The molecule has 1 aromatic rings. The summed E-state index contributed by atoms with van der Waals surface area (Å²) in [6, 6.07) is 4.79. The van der Waals surface area contributed by atoms with Gasteiger partial charge in [0, 0.05) is 24.1 Å². The molecule has 0 spiro atoms. The topological polar surface area (TPSA) is 86.7 Å². The van der Waals surface area contributed by atoms with Crippen LogP contribution in [0.1, 0.15) is 64.2 Å². The molecule has 144 valence electrons. The highest BCUT2D eigenvalue weighted by molar-refractivity contribution is 5.99. The quantitative estimate of drug-likeness (QED) is 0.694. The summed E-state index contributed by atoms with van der Waals surface area (Å²) < 4.78 is 0. The summed E-state index contributed by atoms with van der Waals surface area (Å²) in [7, 11) is 0. The first kappa shape index (κ1) is 21.7. The second-order valence-corrected chi connectivity index (χ2v) is 7.39. The van der Waals surface area contributed by atoms with Gasteiger partial charge in [-0.05, 0) is 24.6 Å². The Labute approximate surface area is 155 Å². The number of Topliss-reactive ketones (excluding diaryl/α,β-unsaturated/α-hetero) is 1. The highest BCUT2D eigenvalue weighted by atomic mass is 16.4. The number of benzene rings is 1. The molecule has 0 radical (unpaired) electrons. The molecule has 26 heavy (non-hydrogen) atoms. The van der Waals surface area contributed by atoms with Crippen LogP contribution in [0.15, 0.2) is 18.2 Å². The maximum absolute atomic E-state index is 12.5. The van der Waals surface area contributed by atoms with Gasteiger partial charge in [0.05, 0.1) is 17.8 Å². The molecule has 0 unspecified atom stereocenters. The molecule has 0 heterocycles. The van der Waals surface area contributed by atoms with E-state index >= 15 is 0 Å². The number of carbonyl (C=O) groups excluding carboxylic acids is 2. The fraction of sp³-hybridized carbons (Fsp3) is 0.550. The number of nitrogens with zero attached hydrogens (tertiary/aromatic N) is 1. The number of amides is 1. The third-order valence-electron chi connectivity index (χ3n) is 4.13. The lowest BCUT2D eigenvalue weighted by Crippen LogP contribution is -2.37. The molecule has 1 rings (SSSR count). The van der Waals surface area contributed by atoms with Gasteiger partial charge in [0.25, 0.3) is 0 Å². The Morgan fingerprint density at radius 3 is 2.31 bits per heavy atom. The average molecular weight is 362 g/mol. The van der Waals surface area contributed by atoms with Crippen LogP contribution in [0.5, 0.6) is 0 Å². The van der Waals surface area contributed by atoms with Gasteiger partial charge in [0.1, 0.15) is 0 Å². The van der Waals surface area contributed by atoms with Gasteiger partial charge >= 0.3 is 5.97 Å². The van der Waals surface area contributed by atoms with E-state index in [0.29, 0.717) is 24.3 Å². The van der Waals surface area contributed by atoms with E-state index in [4.69, 9.17) is 0 Å². The molecule has 6 heteroatoms. The van der Waals surface area contributed by atoms with Crippen LogP contribution in [0, 0.1) is 5.41 Å². The van der Waals surface area contributed by atoms with Crippen molar-refractivity contribution in [3.8, 4) is 0 Å². The normalized spacial score (nSPS) is 11.1. The molecule has 0 aromatic heterocycles. The summed E-state index contributed by atoms with van der Waals surface area (Å²) in [5.74, 6) is -1.22. The van der Waals surface area contributed by atoms with Crippen LogP contribution in [0.25, 0.3) is 0 Å². The third kappa shape index (κ3) is 6.17. The lowest BCUT2D eigenvalue weighted by molar-refractivity contribution is -0.124. The van der Waals surface area contributed by atoms with Crippen LogP contribution >= 0.6 is 0 Å². The molecule has 0 saturated carbocycles. The molecule has 0 aliphatic rings. The number of hydrogen-bond acceptors (Lipinski definition) is 4. The van der Waals surface area contributed by atoms with E-state index in [-0.39, 0.29) is 23.8 Å². The number of carboxylic acid groups (broad SMARTS) is 1. The lowest BCUT2D eigenvalue weighted by atomic mass is 9.90. The number of unbranched alkanes of at least 4 members (excludes halogenated alkanes) is 1. The first-order valence-corrected chi connectivity index (χ1v) is 9.05. The van der Waals surface area contributed by atoms with E-state index in [1.165, 1.54) is 6.07 Å². The minimum Gasteiger partial charge on any atom is -0.478 e. The Balaban J connectivity index is 3.24. The summed E-state index contributed by atoms with van der Waals surface area (Å²) in [5, 5.41) is 12.3. The number of carboxylic acids is 1. The van der Waals surface area contributed by atoms with Crippen molar-refractivity contribution in [2.75, 3.05) is 23.3 Å². The van der Waals surface area contributed by atoms with Crippen LogP contribution in [-0.4, -0.2) is 35.9 Å². The van der Waals surface area contributed by atoms with Crippen molar-refractivity contribution < 1.29 is 19.5 Å².